The summed E-state index contributed by atoms with van der Waals surface area (Å²) in [5.74, 6) is -1.07. The second-order valence-corrected chi connectivity index (χ2v) is 10.8. The van der Waals surface area contributed by atoms with Gasteiger partial charge in [0.05, 0.1) is 18.8 Å². The number of pyridine rings is 1. The third kappa shape index (κ3) is 7.47. The van der Waals surface area contributed by atoms with Gasteiger partial charge in [0.1, 0.15) is 11.4 Å². The fraction of sp³-hybridized carbons (Fsp3) is 0.444. The first-order valence-electron chi connectivity index (χ1n) is 13.2. The maximum absolute atomic E-state index is 13.9. The van der Waals surface area contributed by atoms with Gasteiger partial charge in [0.25, 0.3) is 0 Å². The van der Waals surface area contributed by atoms with Crippen LogP contribution in [-0.4, -0.2) is 82.7 Å². The Morgan fingerprint density at radius 1 is 0.977 bits per heavy atom. The normalized spacial score (nSPS) is 18.4. The van der Waals surface area contributed by atoms with Crippen molar-refractivity contribution in [3.05, 3.63) is 59.0 Å². The van der Waals surface area contributed by atoms with E-state index in [1.165, 1.54) is 4.90 Å². The molecule has 2 aliphatic rings. The Morgan fingerprint density at radius 3 is 2.30 bits per heavy atom. The maximum atomic E-state index is 13.9. The van der Waals surface area contributed by atoms with Crippen molar-refractivity contribution < 1.29 is 36.2 Å². The minimum atomic E-state index is -4.90. The van der Waals surface area contributed by atoms with Crippen LogP contribution in [0, 0.1) is 0 Å². The van der Waals surface area contributed by atoms with E-state index in [1.807, 2.05) is 15.9 Å². The van der Waals surface area contributed by atoms with Crippen LogP contribution in [0.15, 0.2) is 42.7 Å². The number of aromatic carboxylic acids is 1. The minimum Gasteiger partial charge on any atom is -0.478 e. The zero-order chi connectivity index (χ0) is 30.2. The van der Waals surface area contributed by atoms with Gasteiger partial charge in [0, 0.05) is 67.3 Å². The summed E-state index contributed by atoms with van der Waals surface area (Å²) in [5.41, 5.74) is -0.0202. The van der Waals surface area contributed by atoms with Crippen LogP contribution < -0.4 is 9.80 Å². The lowest BCUT2D eigenvalue weighted by Gasteiger charge is -2.36. The van der Waals surface area contributed by atoms with Gasteiger partial charge in [0.2, 0.25) is 0 Å². The molecule has 4 heterocycles. The number of anilines is 2. The van der Waals surface area contributed by atoms with Gasteiger partial charge < -0.3 is 14.9 Å². The molecule has 3 aromatic rings. The van der Waals surface area contributed by atoms with Crippen LogP contribution in [0.4, 0.5) is 37.8 Å². The van der Waals surface area contributed by atoms with E-state index in [0.29, 0.717) is 49.0 Å². The van der Waals surface area contributed by atoms with Crippen molar-refractivity contribution in [2.24, 2.45) is 0 Å². The first-order chi connectivity index (χ1) is 19.8. The first-order valence-corrected chi connectivity index (χ1v) is 13.6. The van der Waals surface area contributed by atoms with E-state index >= 15 is 0 Å². The molecule has 234 valence electrons. The monoisotopic (exact) mass is 652 g/mol. The molecule has 1 unspecified atom stereocenters. The summed E-state index contributed by atoms with van der Waals surface area (Å²) in [6, 6.07) is 8.12. The SMILES string of the molecule is Cl.O=C(O)c1cnn(C2CCCN(c3cc(Cl)ccc3-c3ccc(N4CCN(CC(F)(F)F)CC4)nc3)C2)c1C(F)(F)F. The average Bonchev–Trinajstić information content (AvgIpc) is 3.40. The van der Waals surface area contributed by atoms with Crippen LogP contribution >= 0.6 is 24.0 Å². The predicted molar refractivity (Wildman–Crippen MR) is 151 cm³/mol. The molecular formula is C27H28Cl2F6N6O2. The lowest BCUT2D eigenvalue weighted by Crippen LogP contribution is -2.49. The number of benzene rings is 1. The molecule has 2 fully saturated rings. The van der Waals surface area contributed by atoms with Crippen LogP contribution in [0.1, 0.15) is 34.9 Å². The van der Waals surface area contributed by atoms with E-state index < -0.39 is 42.2 Å². The molecule has 0 aliphatic carbocycles. The molecule has 16 heteroatoms. The molecule has 0 spiro atoms. The largest absolute Gasteiger partial charge is 0.478 e. The number of carboxylic acids is 1. The maximum Gasteiger partial charge on any atom is 0.433 e. The second-order valence-electron chi connectivity index (χ2n) is 10.3. The van der Waals surface area contributed by atoms with Crippen molar-refractivity contribution >= 4 is 41.5 Å². The lowest BCUT2D eigenvalue weighted by atomic mass is 10.00. The smallest absolute Gasteiger partial charge is 0.433 e. The fourth-order valence-corrected chi connectivity index (χ4v) is 5.75. The number of carbonyl (C=O) groups is 1. The molecule has 0 bridgehead atoms. The summed E-state index contributed by atoms with van der Waals surface area (Å²) in [6.45, 7) is 1.07. The molecular weight excluding hydrogens is 625 g/mol. The number of alkyl halides is 6. The standard InChI is InChI=1S/C27H27ClF6N6O2.ClH/c28-18-4-5-20(17-3-6-23(35-13-17)38-10-8-37(9-11-38)16-26(29,30)31)22(12-18)39-7-1-2-19(15-39)40-24(27(32,33)34)21(14-36-40)25(41)42;/h3-6,12-14,19H,1-2,7-11,15-16H2,(H,41,42);1H. The Bertz CT molecular complexity index is 1420. The first kappa shape index (κ1) is 32.7. The van der Waals surface area contributed by atoms with Crippen LogP contribution in [0.3, 0.4) is 0 Å². The highest BCUT2D eigenvalue weighted by molar-refractivity contribution is 6.31. The van der Waals surface area contributed by atoms with E-state index in [-0.39, 0.29) is 32.0 Å². The zero-order valence-electron chi connectivity index (χ0n) is 22.6. The Kier molecular flexibility index (Phi) is 9.72. The molecule has 2 aromatic heterocycles. The summed E-state index contributed by atoms with van der Waals surface area (Å²) in [7, 11) is 0. The Balaban J connectivity index is 0.00000423. The molecule has 2 saturated heterocycles. The Hall–Kier alpha value is -3.23. The van der Waals surface area contributed by atoms with Crippen molar-refractivity contribution in [3.63, 3.8) is 0 Å². The van der Waals surface area contributed by atoms with Crippen molar-refractivity contribution in [1.82, 2.24) is 19.7 Å². The minimum absolute atomic E-state index is 0. The topological polar surface area (TPSA) is 77.7 Å². The van der Waals surface area contributed by atoms with Crippen LogP contribution in [0.5, 0.6) is 0 Å². The number of piperazine rings is 1. The Morgan fingerprint density at radius 2 is 1.70 bits per heavy atom. The van der Waals surface area contributed by atoms with Crippen molar-refractivity contribution in [2.45, 2.75) is 31.2 Å². The zero-order valence-corrected chi connectivity index (χ0v) is 24.1. The van der Waals surface area contributed by atoms with Gasteiger partial charge in [-0.1, -0.05) is 17.7 Å². The van der Waals surface area contributed by atoms with E-state index in [9.17, 15) is 36.2 Å². The van der Waals surface area contributed by atoms with E-state index in [1.54, 1.807) is 30.5 Å². The summed E-state index contributed by atoms with van der Waals surface area (Å²) >= 11 is 6.32. The molecule has 43 heavy (non-hydrogen) atoms. The van der Waals surface area contributed by atoms with Gasteiger partial charge in [-0.05, 0) is 37.1 Å². The molecule has 8 nitrogen and oxygen atoms in total. The van der Waals surface area contributed by atoms with Gasteiger partial charge in [-0.2, -0.15) is 31.4 Å². The van der Waals surface area contributed by atoms with Crippen LogP contribution in [0.2, 0.25) is 5.02 Å². The van der Waals surface area contributed by atoms with Gasteiger partial charge in [-0.25, -0.2) is 9.78 Å². The lowest BCUT2D eigenvalue weighted by molar-refractivity contribution is -0.146. The predicted octanol–water partition coefficient (Wildman–Crippen LogP) is 6.26. The van der Waals surface area contributed by atoms with E-state index in [2.05, 4.69) is 10.1 Å². The number of halogens is 8. The highest BCUT2D eigenvalue weighted by Gasteiger charge is 2.42. The molecule has 1 atom stereocenters. The van der Waals surface area contributed by atoms with Crippen molar-refractivity contribution in [3.8, 4) is 11.1 Å². The molecule has 2 aliphatic heterocycles. The van der Waals surface area contributed by atoms with E-state index in [0.717, 1.165) is 22.0 Å². The number of carboxylic acid groups (broad SMARTS) is 1. The van der Waals surface area contributed by atoms with Gasteiger partial charge in [-0.3, -0.25) is 9.58 Å². The molecule has 0 saturated carbocycles. The molecule has 0 amide bonds. The highest BCUT2D eigenvalue weighted by Crippen LogP contribution is 2.39. The number of hydrogen-bond donors (Lipinski definition) is 1. The average molecular weight is 653 g/mol. The van der Waals surface area contributed by atoms with Crippen molar-refractivity contribution in [2.75, 3.05) is 55.6 Å². The van der Waals surface area contributed by atoms with Crippen molar-refractivity contribution in [1.29, 1.82) is 0 Å². The number of piperidine rings is 1. The summed E-state index contributed by atoms with van der Waals surface area (Å²) in [6.07, 6.45) is -5.84. The number of aromatic nitrogens is 3. The van der Waals surface area contributed by atoms with Crippen LogP contribution in [0.25, 0.3) is 11.1 Å². The van der Waals surface area contributed by atoms with Gasteiger partial charge >= 0.3 is 18.3 Å². The quantitative estimate of drug-likeness (QED) is 0.315. The number of nitrogens with zero attached hydrogens (tertiary/aromatic N) is 6. The summed E-state index contributed by atoms with van der Waals surface area (Å²) < 4.78 is 80.5. The second kappa shape index (κ2) is 12.8. The van der Waals surface area contributed by atoms with Crippen LogP contribution in [-0.2, 0) is 6.18 Å². The molecule has 1 aromatic carbocycles. The highest BCUT2D eigenvalue weighted by atomic mass is 35.5. The number of rotatable bonds is 6. The summed E-state index contributed by atoms with van der Waals surface area (Å²) in [5, 5.41) is 13.5. The van der Waals surface area contributed by atoms with E-state index in [4.69, 9.17) is 11.6 Å². The molecule has 5 rings (SSSR count). The molecule has 0 radical (unpaired) electrons. The van der Waals surface area contributed by atoms with Gasteiger partial charge in [0.15, 0.2) is 5.69 Å². The Labute approximate surface area is 254 Å². The fourth-order valence-electron chi connectivity index (χ4n) is 5.58. The van der Waals surface area contributed by atoms with Gasteiger partial charge in [-0.15, -0.1) is 12.4 Å². The molecule has 1 N–H and O–H groups in total. The third-order valence-corrected chi connectivity index (χ3v) is 7.73. The third-order valence-electron chi connectivity index (χ3n) is 7.50. The number of hydrogen-bond acceptors (Lipinski definition) is 6. The summed E-state index contributed by atoms with van der Waals surface area (Å²) in [4.78, 5) is 21.2.